The Morgan fingerprint density at radius 2 is 1.50 bits per heavy atom. The van der Waals surface area contributed by atoms with Crippen LogP contribution in [0.3, 0.4) is 0 Å². The minimum absolute atomic E-state index is 0.183. The van der Waals surface area contributed by atoms with Gasteiger partial charge in [0.25, 0.3) is 0 Å². The van der Waals surface area contributed by atoms with Gasteiger partial charge in [-0.05, 0) is 34.2 Å². The molecule has 2 rings (SSSR count). The summed E-state index contributed by atoms with van der Waals surface area (Å²) in [5, 5.41) is 0. The minimum Gasteiger partial charge on any atom is -0.497 e. The first-order valence-electron chi connectivity index (χ1n) is 6.26. The number of hydrogen-bond donors (Lipinski definition) is 0. The zero-order valence-corrected chi connectivity index (χ0v) is 11.5. The zero-order valence-electron chi connectivity index (χ0n) is 11.5. The average molecular weight is 240 g/mol. The summed E-state index contributed by atoms with van der Waals surface area (Å²) in [6.45, 7) is 6.71. The SMILES string of the molecule is COc1ccc(-c2cccc(C(C)(C)C)c2)cc1. The maximum Gasteiger partial charge on any atom is 0.118 e. The lowest BCUT2D eigenvalue weighted by Crippen LogP contribution is -2.10. The van der Waals surface area contributed by atoms with Gasteiger partial charge in [-0.3, -0.25) is 0 Å². The van der Waals surface area contributed by atoms with Crippen LogP contribution in [0.2, 0.25) is 0 Å². The summed E-state index contributed by atoms with van der Waals surface area (Å²) in [5.41, 5.74) is 4.02. The number of benzene rings is 2. The molecule has 18 heavy (non-hydrogen) atoms. The summed E-state index contributed by atoms with van der Waals surface area (Å²) in [4.78, 5) is 0. The van der Waals surface area contributed by atoms with Crippen LogP contribution >= 0.6 is 0 Å². The third-order valence-electron chi connectivity index (χ3n) is 3.15. The Balaban J connectivity index is 2.38. The van der Waals surface area contributed by atoms with Crippen molar-refractivity contribution in [3.63, 3.8) is 0 Å². The van der Waals surface area contributed by atoms with Crippen LogP contribution in [0.25, 0.3) is 11.1 Å². The topological polar surface area (TPSA) is 9.23 Å². The van der Waals surface area contributed by atoms with Crippen molar-refractivity contribution in [3.05, 3.63) is 54.1 Å². The van der Waals surface area contributed by atoms with E-state index in [-0.39, 0.29) is 5.41 Å². The first kappa shape index (κ1) is 12.7. The van der Waals surface area contributed by atoms with E-state index >= 15 is 0 Å². The van der Waals surface area contributed by atoms with Gasteiger partial charge >= 0.3 is 0 Å². The van der Waals surface area contributed by atoms with Crippen LogP contribution in [0.5, 0.6) is 5.75 Å². The summed E-state index contributed by atoms with van der Waals surface area (Å²) in [5.74, 6) is 0.894. The van der Waals surface area contributed by atoms with E-state index in [0.717, 1.165) is 5.75 Å². The van der Waals surface area contributed by atoms with Gasteiger partial charge in [-0.2, -0.15) is 0 Å². The Labute approximate surface area is 109 Å². The predicted molar refractivity (Wildman–Crippen MR) is 77.1 cm³/mol. The molecule has 0 aliphatic heterocycles. The second-order valence-electron chi connectivity index (χ2n) is 5.56. The van der Waals surface area contributed by atoms with Crippen molar-refractivity contribution in [2.75, 3.05) is 7.11 Å². The van der Waals surface area contributed by atoms with Gasteiger partial charge in [0, 0.05) is 0 Å². The molecule has 0 aromatic heterocycles. The number of hydrogen-bond acceptors (Lipinski definition) is 1. The number of ether oxygens (including phenoxy) is 1. The fourth-order valence-electron chi connectivity index (χ4n) is 1.95. The molecular weight excluding hydrogens is 220 g/mol. The Kier molecular flexibility index (Phi) is 3.42. The third kappa shape index (κ3) is 2.73. The zero-order chi connectivity index (χ0) is 13.2. The van der Waals surface area contributed by atoms with Gasteiger partial charge in [-0.25, -0.2) is 0 Å². The van der Waals surface area contributed by atoms with Crippen LogP contribution in [0.4, 0.5) is 0 Å². The summed E-state index contributed by atoms with van der Waals surface area (Å²) in [6, 6.07) is 16.9. The van der Waals surface area contributed by atoms with Gasteiger partial charge in [0.05, 0.1) is 7.11 Å². The van der Waals surface area contributed by atoms with Crippen LogP contribution in [-0.4, -0.2) is 7.11 Å². The average Bonchev–Trinajstić information content (AvgIpc) is 2.38. The molecule has 1 heteroatoms. The molecule has 0 N–H and O–H groups in total. The lowest BCUT2D eigenvalue weighted by Gasteiger charge is -2.19. The molecular formula is C17H20O. The molecule has 2 aromatic carbocycles. The van der Waals surface area contributed by atoms with Gasteiger partial charge in [0.15, 0.2) is 0 Å². The molecule has 2 aromatic rings. The smallest absolute Gasteiger partial charge is 0.118 e. The van der Waals surface area contributed by atoms with Crippen molar-refractivity contribution >= 4 is 0 Å². The van der Waals surface area contributed by atoms with E-state index in [1.807, 2.05) is 12.1 Å². The van der Waals surface area contributed by atoms with Gasteiger partial charge in [-0.15, -0.1) is 0 Å². The largest absolute Gasteiger partial charge is 0.497 e. The molecule has 0 saturated carbocycles. The molecule has 0 amide bonds. The molecule has 0 bridgehead atoms. The Morgan fingerprint density at radius 3 is 2.06 bits per heavy atom. The Morgan fingerprint density at radius 1 is 0.833 bits per heavy atom. The highest BCUT2D eigenvalue weighted by molar-refractivity contribution is 5.65. The molecule has 0 atom stereocenters. The van der Waals surface area contributed by atoms with Crippen molar-refractivity contribution < 1.29 is 4.74 Å². The molecule has 0 saturated heterocycles. The minimum atomic E-state index is 0.183. The van der Waals surface area contributed by atoms with E-state index in [9.17, 15) is 0 Å². The molecule has 0 aliphatic rings. The lowest BCUT2D eigenvalue weighted by molar-refractivity contribution is 0.415. The van der Waals surface area contributed by atoms with Crippen LogP contribution in [0.15, 0.2) is 48.5 Å². The van der Waals surface area contributed by atoms with E-state index in [1.165, 1.54) is 16.7 Å². The maximum atomic E-state index is 5.18. The van der Waals surface area contributed by atoms with Gasteiger partial charge in [0.2, 0.25) is 0 Å². The van der Waals surface area contributed by atoms with Crippen LogP contribution in [0, 0.1) is 0 Å². The second-order valence-corrected chi connectivity index (χ2v) is 5.56. The van der Waals surface area contributed by atoms with E-state index in [0.29, 0.717) is 0 Å². The summed E-state index contributed by atoms with van der Waals surface area (Å²) in [6.07, 6.45) is 0. The van der Waals surface area contributed by atoms with Gasteiger partial charge < -0.3 is 4.74 Å². The highest BCUT2D eigenvalue weighted by Gasteiger charge is 2.13. The van der Waals surface area contributed by atoms with E-state index in [2.05, 4.69) is 57.2 Å². The van der Waals surface area contributed by atoms with Crippen molar-refractivity contribution in [2.45, 2.75) is 26.2 Å². The first-order valence-corrected chi connectivity index (χ1v) is 6.26. The van der Waals surface area contributed by atoms with Crippen molar-refractivity contribution in [1.82, 2.24) is 0 Å². The molecule has 0 spiro atoms. The third-order valence-corrected chi connectivity index (χ3v) is 3.15. The van der Waals surface area contributed by atoms with E-state index in [4.69, 9.17) is 4.74 Å². The molecule has 94 valence electrons. The van der Waals surface area contributed by atoms with E-state index < -0.39 is 0 Å². The van der Waals surface area contributed by atoms with Gasteiger partial charge in [-0.1, -0.05) is 57.2 Å². The molecule has 0 unspecified atom stereocenters. The highest BCUT2D eigenvalue weighted by Crippen LogP contribution is 2.28. The molecule has 0 aliphatic carbocycles. The molecule has 0 heterocycles. The second kappa shape index (κ2) is 4.85. The fraction of sp³-hybridized carbons (Fsp3) is 0.294. The quantitative estimate of drug-likeness (QED) is 0.741. The summed E-state index contributed by atoms with van der Waals surface area (Å²) >= 11 is 0. The molecule has 1 nitrogen and oxygen atoms in total. The Hall–Kier alpha value is -1.76. The summed E-state index contributed by atoms with van der Waals surface area (Å²) in [7, 11) is 1.69. The number of methoxy groups -OCH3 is 1. The van der Waals surface area contributed by atoms with Crippen LogP contribution in [0.1, 0.15) is 26.3 Å². The summed E-state index contributed by atoms with van der Waals surface area (Å²) < 4.78 is 5.18. The normalized spacial score (nSPS) is 11.3. The first-order chi connectivity index (χ1) is 8.50. The van der Waals surface area contributed by atoms with Crippen LogP contribution < -0.4 is 4.74 Å². The Bertz CT molecular complexity index is 518. The lowest BCUT2D eigenvalue weighted by atomic mass is 9.85. The van der Waals surface area contributed by atoms with Crippen molar-refractivity contribution in [1.29, 1.82) is 0 Å². The van der Waals surface area contributed by atoms with E-state index in [1.54, 1.807) is 7.11 Å². The van der Waals surface area contributed by atoms with Crippen molar-refractivity contribution in [3.8, 4) is 16.9 Å². The molecule has 0 fully saturated rings. The monoisotopic (exact) mass is 240 g/mol. The fourth-order valence-corrected chi connectivity index (χ4v) is 1.95. The maximum absolute atomic E-state index is 5.18. The van der Waals surface area contributed by atoms with Crippen LogP contribution in [-0.2, 0) is 5.41 Å². The predicted octanol–water partition coefficient (Wildman–Crippen LogP) is 4.66. The van der Waals surface area contributed by atoms with Crippen molar-refractivity contribution in [2.24, 2.45) is 0 Å². The highest BCUT2D eigenvalue weighted by atomic mass is 16.5. The standard InChI is InChI=1S/C17H20O/c1-17(2,3)15-7-5-6-14(12-15)13-8-10-16(18-4)11-9-13/h5-12H,1-4H3. The number of rotatable bonds is 2. The molecule has 0 radical (unpaired) electrons. The van der Waals surface area contributed by atoms with Gasteiger partial charge in [0.1, 0.15) is 5.75 Å².